The monoisotopic (exact) mass is 591 g/mol. The van der Waals surface area contributed by atoms with Crippen molar-refractivity contribution in [2.24, 2.45) is 0 Å². The molecule has 0 aliphatic carbocycles. The predicted octanol–water partition coefficient (Wildman–Crippen LogP) is 3.80. The average Bonchev–Trinajstić information content (AvgIpc) is 2.91. The summed E-state index contributed by atoms with van der Waals surface area (Å²) in [6, 6.07) is 11.4. The van der Waals surface area contributed by atoms with Crippen LogP contribution in [0.1, 0.15) is 31.8 Å². The van der Waals surface area contributed by atoms with Crippen LogP contribution >= 0.6 is 0 Å². The highest BCUT2D eigenvalue weighted by Gasteiger charge is 2.35. The van der Waals surface area contributed by atoms with E-state index in [0.29, 0.717) is 0 Å². The number of hydrogen-bond donors (Lipinski definition) is 1. The Kier molecular flexibility index (Phi) is 8.33. The van der Waals surface area contributed by atoms with Gasteiger partial charge in [-0.2, -0.15) is 13.2 Å². The number of carbonyl (C=O) groups excluding carboxylic acids is 2. The number of carbonyl (C=O) groups is 3. The van der Waals surface area contributed by atoms with E-state index in [9.17, 15) is 41.1 Å². The molecule has 0 atom stereocenters. The van der Waals surface area contributed by atoms with Crippen molar-refractivity contribution >= 4 is 33.3 Å². The number of amides is 2. The van der Waals surface area contributed by atoms with Gasteiger partial charge in [-0.05, 0) is 49.4 Å². The Morgan fingerprint density at radius 1 is 1.05 bits per heavy atom. The molecule has 1 saturated heterocycles. The normalized spacial score (nSPS) is 14.8. The lowest BCUT2D eigenvalue weighted by Gasteiger charge is -2.30. The third-order valence-corrected chi connectivity index (χ3v) is 7.92. The molecule has 0 radical (unpaired) electrons. The van der Waals surface area contributed by atoms with Crippen LogP contribution in [0.5, 0.6) is 11.6 Å². The summed E-state index contributed by atoms with van der Waals surface area (Å²) < 4.78 is 69.1. The maximum atomic E-state index is 13.6. The van der Waals surface area contributed by atoms with Crippen molar-refractivity contribution in [2.45, 2.75) is 13.1 Å². The molecule has 2 heterocycles. The van der Waals surface area contributed by atoms with E-state index >= 15 is 0 Å². The molecule has 41 heavy (non-hydrogen) atoms. The maximum absolute atomic E-state index is 13.6. The number of sulfone groups is 1. The summed E-state index contributed by atoms with van der Waals surface area (Å²) in [6.07, 6.45) is -3.71. The molecule has 0 spiro atoms. The number of anilines is 1. The molecular formula is C27H24F3N3O7S. The zero-order valence-electron chi connectivity index (χ0n) is 21.6. The molecule has 0 bridgehead atoms. The van der Waals surface area contributed by atoms with Gasteiger partial charge in [0.15, 0.2) is 9.84 Å². The van der Waals surface area contributed by atoms with Gasteiger partial charge in [-0.15, -0.1) is 0 Å². The molecule has 2 amide bonds. The smallest absolute Gasteiger partial charge is 0.421 e. The predicted molar refractivity (Wildman–Crippen MR) is 141 cm³/mol. The summed E-state index contributed by atoms with van der Waals surface area (Å²) in [5.74, 6) is -4.46. The molecule has 10 nitrogen and oxygen atoms in total. The van der Waals surface area contributed by atoms with E-state index in [1.807, 2.05) is 0 Å². The molecule has 1 aliphatic heterocycles. The zero-order chi connectivity index (χ0) is 29.9. The first kappa shape index (κ1) is 29.5. The summed E-state index contributed by atoms with van der Waals surface area (Å²) in [6.45, 7) is 1.01. The topological polar surface area (TPSA) is 134 Å². The van der Waals surface area contributed by atoms with E-state index in [0.717, 1.165) is 47.0 Å². The van der Waals surface area contributed by atoms with Gasteiger partial charge < -0.3 is 14.7 Å². The van der Waals surface area contributed by atoms with Crippen molar-refractivity contribution in [1.82, 2.24) is 9.88 Å². The van der Waals surface area contributed by atoms with Crippen LogP contribution in [0.4, 0.5) is 18.9 Å². The second kappa shape index (κ2) is 11.6. The standard InChI is InChI=1S/C27H24F3N3O7S/c1-17-4-6-18(7-5-17)25(35)33(16-23(34)32-11-13-41(38,39)14-12-32)22-9-8-19(15-20(22)26(36)37)40-24-21(27(28,29)30)3-2-10-31-24/h2-10,15H,11-14,16H2,1H3,(H,36,37). The van der Waals surface area contributed by atoms with Gasteiger partial charge in [0.05, 0.1) is 22.8 Å². The number of ether oxygens (including phenoxy) is 1. The van der Waals surface area contributed by atoms with E-state index in [2.05, 4.69) is 4.98 Å². The van der Waals surface area contributed by atoms with Gasteiger partial charge in [0.2, 0.25) is 11.8 Å². The van der Waals surface area contributed by atoms with E-state index < -0.39 is 57.3 Å². The van der Waals surface area contributed by atoms with Crippen LogP contribution in [-0.4, -0.2) is 72.3 Å². The van der Waals surface area contributed by atoms with Gasteiger partial charge in [-0.3, -0.25) is 14.5 Å². The van der Waals surface area contributed by atoms with Crippen LogP contribution in [0.2, 0.25) is 0 Å². The molecule has 1 aliphatic rings. The Bertz CT molecular complexity index is 1580. The summed E-state index contributed by atoms with van der Waals surface area (Å²) in [5, 5.41) is 9.97. The lowest BCUT2D eigenvalue weighted by atomic mass is 10.1. The first-order valence-corrected chi connectivity index (χ1v) is 14.0. The van der Waals surface area contributed by atoms with E-state index in [-0.39, 0.29) is 41.6 Å². The molecule has 2 aromatic carbocycles. The van der Waals surface area contributed by atoms with Gasteiger partial charge >= 0.3 is 12.1 Å². The van der Waals surface area contributed by atoms with Crippen molar-refractivity contribution in [3.63, 3.8) is 0 Å². The lowest BCUT2D eigenvalue weighted by Crippen LogP contribution is -2.49. The minimum absolute atomic E-state index is 0.0854. The number of rotatable bonds is 7. The first-order valence-electron chi connectivity index (χ1n) is 12.2. The molecule has 0 saturated carbocycles. The number of aryl methyl sites for hydroxylation is 1. The Labute approximate surface area is 232 Å². The molecule has 4 rings (SSSR count). The van der Waals surface area contributed by atoms with Gasteiger partial charge in [0, 0.05) is 24.8 Å². The van der Waals surface area contributed by atoms with Gasteiger partial charge in [0.1, 0.15) is 17.9 Å². The number of aromatic carboxylic acids is 1. The summed E-state index contributed by atoms with van der Waals surface area (Å²) in [5.41, 5.74) is -0.929. The van der Waals surface area contributed by atoms with E-state index in [1.165, 1.54) is 17.0 Å². The number of alkyl halides is 3. The molecule has 3 aromatic rings. The summed E-state index contributed by atoms with van der Waals surface area (Å²) in [4.78, 5) is 44.8. The van der Waals surface area contributed by atoms with Crippen LogP contribution in [0.15, 0.2) is 60.8 Å². The first-order chi connectivity index (χ1) is 19.2. The van der Waals surface area contributed by atoms with Crippen molar-refractivity contribution in [1.29, 1.82) is 0 Å². The van der Waals surface area contributed by atoms with Crippen molar-refractivity contribution in [2.75, 3.05) is 36.0 Å². The quantitative estimate of drug-likeness (QED) is 0.439. The highest BCUT2D eigenvalue weighted by Crippen LogP contribution is 2.37. The van der Waals surface area contributed by atoms with Crippen LogP contribution in [-0.2, 0) is 20.8 Å². The van der Waals surface area contributed by atoms with Crippen LogP contribution in [0.25, 0.3) is 0 Å². The molecule has 216 valence electrons. The molecule has 1 N–H and O–H groups in total. The van der Waals surface area contributed by atoms with Gasteiger partial charge in [-0.1, -0.05) is 17.7 Å². The Balaban J connectivity index is 1.72. The highest BCUT2D eigenvalue weighted by molar-refractivity contribution is 7.91. The highest BCUT2D eigenvalue weighted by atomic mass is 32.2. The second-order valence-corrected chi connectivity index (χ2v) is 11.5. The minimum Gasteiger partial charge on any atom is -0.478 e. The number of hydrogen-bond acceptors (Lipinski definition) is 7. The fourth-order valence-electron chi connectivity index (χ4n) is 4.10. The molecule has 14 heteroatoms. The number of halogens is 3. The third kappa shape index (κ3) is 7.01. The summed E-state index contributed by atoms with van der Waals surface area (Å²) >= 11 is 0. The Morgan fingerprint density at radius 2 is 1.71 bits per heavy atom. The van der Waals surface area contributed by atoms with E-state index in [1.54, 1.807) is 19.1 Å². The Morgan fingerprint density at radius 3 is 2.32 bits per heavy atom. The average molecular weight is 592 g/mol. The third-order valence-electron chi connectivity index (χ3n) is 6.31. The van der Waals surface area contributed by atoms with Crippen molar-refractivity contribution < 1.29 is 45.8 Å². The van der Waals surface area contributed by atoms with E-state index in [4.69, 9.17) is 4.74 Å². The zero-order valence-corrected chi connectivity index (χ0v) is 22.4. The fourth-order valence-corrected chi connectivity index (χ4v) is 5.30. The Hall–Kier alpha value is -4.46. The number of nitrogens with zero attached hydrogens (tertiary/aromatic N) is 3. The molecule has 1 aromatic heterocycles. The SMILES string of the molecule is Cc1ccc(C(=O)N(CC(=O)N2CCS(=O)(=O)CC2)c2ccc(Oc3ncccc3C(F)(F)F)cc2C(=O)O)cc1. The minimum atomic E-state index is -4.79. The summed E-state index contributed by atoms with van der Waals surface area (Å²) in [7, 11) is -3.30. The fraction of sp³-hybridized carbons (Fsp3) is 0.259. The number of aromatic nitrogens is 1. The molecular weight excluding hydrogens is 567 g/mol. The number of pyridine rings is 1. The van der Waals surface area contributed by atoms with Crippen molar-refractivity contribution in [3.8, 4) is 11.6 Å². The number of benzene rings is 2. The van der Waals surface area contributed by atoms with Crippen LogP contribution < -0.4 is 9.64 Å². The van der Waals surface area contributed by atoms with Crippen molar-refractivity contribution in [3.05, 3.63) is 83.0 Å². The second-order valence-electron chi connectivity index (χ2n) is 9.23. The maximum Gasteiger partial charge on any atom is 0.421 e. The molecule has 1 fully saturated rings. The van der Waals surface area contributed by atoms with Gasteiger partial charge in [-0.25, -0.2) is 18.2 Å². The lowest BCUT2D eigenvalue weighted by molar-refractivity contribution is -0.139. The van der Waals surface area contributed by atoms with Gasteiger partial charge in [0.25, 0.3) is 5.91 Å². The van der Waals surface area contributed by atoms with Crippen LogP contribution in [0, 0.1) is 6.92 Å². The number of carboxylic acid groups (broad SMARTS) is 1. The molecule has 0 unspecified atom stereocenters. The number of carboxylic acids is 1. The van der Waals surface area contributed by atoms with Crippen LogP contribution in [0.3, 0.4) is 0 Å². The largest absolute Gasteiger partial charge is 0.478 e.